The number of amides is 1. The molecule has 0 aromatic carbocycles. The van der Waals surface area contributed by atoms with Gasteiger partial charge >= 0.3 is 5.97 Å². The second-order valence-electron chi connectivity index (χ2n) is 5.98. The Morgan fingerprint density at radius 1 is 1.23 bits per heavy atom. The van der Waals surface area contributed by atoms with Gasteiger partial charge in [0, 0.05) is 30.7 Å². The van der Waals surface area contributed by atoms with Gasteiger partial charge in [-0.15, -0.1) is 11.3 Å². The summed E-state index contributed by atoms with van der Waals surface area (Å²) in [5, 5.41) is 21.5. The van der Waals surface area contributed by atoms with Crippen LogP contribution in [0, 0.1) is 0 Å². The van der Waals surface area contributed by atoms with Crippen molar-refractivity contribution in [1.82, 2.24) is 19.3 Å². The minimum Gasteiger partial charge on any atom is -0.476 e. The van der Waals surface area contributed by atoms with E-state index in [2.05, 4.69) is 9.97 Å². The normalized spacial score (nSPS) is 20.0. The molecule has 1 fully saturated rings. The lowest BCUT2D eigenvalue weighted by atomic mass is 10.2. The van der Waals surface area contributed by atoms with Crippen LogP contribution in [0.1, 0.15) is 38.4 Å². The largest absolute Gasteiger partial charge is 0.476 e. The molecule has 3 aromatic heterocycles. The Labute approximate surface area is 156 Å². The SMILES string of the molecule is O=C(O)c1csc(C2CC(O)CN2C(=O)c2cn3cc(Cl)ccc3n2)n1. The topological polar surface area (TPSA) is 108 Å². The van der Waals surface area contributed by atoms with Crippen molar-refractivity contribution in [1.29, 1.82) is 0 Å². The standard InChI is InChI=1S/C16H13ClN4O4S/c17-8-1-2-13-18-10(6-20(13)4-8)15(23)21-5-9(22)3-12(21)14-19-11(7-26-14)16(24)25/h1-2,4,6-7,9,12,22H,3,5H2,(H,24,25). The Balaban J connectivity index is 1.66. The summed E-state index contributed by atoms with van der Waals surface area (Å²) in [6, 6.07) is 2.91. The number of imidazole rings is 1. The van der Waals surface area contributed by atoms with E-state index in [1.807, 2.05) is 0 Å². The first kappa shape index (κ1) is 17.0. The maximum absolute atomic E-state index is 12.9. The van der Waals surface area contributed by atoms with E-state index in [-0.39, 0.29) is 23.8 Å². The molecule has 1 saturated heterocycles. The van der Waals surface area contributed by atoms with Gasteiger partial charge < -0.3 is 19.5 Å². The molecule has 0 radical (unpaired) electrons. The maximum Gasteiger partial charge on any atom is 0.355 e. The van der Waals surface area contributed by atoms with E-state index >= 15 is 0 Å². The molecule has 134 valence electrons. The zero-order valence-corrected chi connectivity index (χ0v) is 14.8. The molecule has 8 nitrogen and oxygen atoms in total. The molecular formula is C16H13ClN4O4S. The highest BCUT2D eigenvalue weighted by Crippen LogP contribution is 2.35. The third kappa shape index (κ3) is 2.94. The number of halogens is 1. The van der Waals surface area contributed by atoms with Gasteiger partial charge in [0.05, 0.1) is 17.2 Å². The monoisotopic (exact) mass is 392 g/mol. The Morgan fingerprint density at radius 3 is 2.77 bits per heavy atom. The number of aliphatic hydroxyl groups excluding tert-OH is 1. The number of aromatic nitrogens is 3. The van der Waals surface area contributed by atoms with Gasteiger partial charge in [0.2, 0.25) is 0 Å². The highest BCUT2D eigenvalue weighted by Gasteiger charge is 2.38. The molecule has 1 aliphatic rings. The zero-order chi connectivity index (χ0) is 18.4. The molecule has 0 spiro atoms. The van der Waals surface area contributed by atoms with E-state index in [4.69, 9.17) is 16.7 Å². The number of likely N-dealkylation sites (tertiary alicyclic amines) is 1. The van der Waals surface area contributed by atoms with Crippen LogP contribution in [-0.2, 0) is 0 Å². The van der Waals surface area contributed by atoms with Gasteiger partial charge in [-0.05, 0) is 12.1 Å². The molecule has 2 N–H and O–H groups in total. The van der Waals surface area contributed by atoms with Crippen LogP contribution in [-0.4, -0.2) is 54.0 Å². The molecular weight excluding hydrogens is 380 g/mol. The highest BCUT2D eigenvalue weighted by molar-refractivity contribution is 7.09. The number of rotatable bonds is 3. The number of aromatic carboxylic acids is 1. The first-order chi connectivity index (χ1) is 12.4. The van der Waals surface area contributed by atoms with Gasteiger partial charge in [0.1, 0.15) is 16.3 Å². The average Bonchev–Trinajstić information content (AvgIpc) is 3.30. The van der Waals surface area contributed by atoms with Crippen LogP contribution in [0.3, 0.4) is 0 Å². The Bertz CT molecular complexity index is 1020. The number of carbonyl (C=O) groups excluding carboxylic acids is 1. The molecule has 4 heterocycles. The van der Waals surface area contributed by atoms with Gasteiger partial charge in [-0.25, -0.2) is 14.8 Å². The summed E-state index contributed by atoms with van der Waals surface area (Å²) < 4.78 is 1.66. The summed E-state index contributed by atoms with van der Waals surface area (Å²) in [7, 11) is 0. The number of pyridine rings is 1. The quantitative estimate of drug-likeness (QED) is 0.706. The number of β-amino-alcohol motifs (C(OH)–C–C–N with tert-alkyl or cyclic N) is 1. The van der Waals surface area contributed by atoms with Gasteiger partial charge in [-0.3, -0.25) is 4.79 Å². The van der Waals surface area contributed by atoms with Crippen LogP contribution in [0.15, 0.2) is 29.9 Å². The third-order valence-corrected chi connectivity index (χ3v) is 5.37. The smallest absolute Gasteiger partial charge is 0.355 e. The van der Waals surface area contributed by atoms with Gasteiger partial charge in [-0.2, -0.15) is 0 Å². The van der Waals surface area contributed by atoms with Crippen LogP contribution >= 0.6 is 22.9 Å². The summed E-state index contributed by atoms with van der Waals surface area (Å²) in [5.41, 5.74) is 0.735. The van der Waals surface area contributed by atoms with Crippen LogP contribution in [0.4, 0.5) is 0 Å². The molecule has 1 amide bonds. The third-order valence-electron chi connectivity index (χ3n) is 4.20. The van der Waals surface area contributed by atoms with Crippen LogP contribution in [0.25, 0.3) is 5.65 Å². The number of carbonyl (C=O) groups is 2. The fourth-order valence-corrected chi connectivity index (χ4v) is 4.11. The molecule has 0 bridgehead atoms. The van der Waals surface area contributed by atoms with E-state index in [0.717, 1.165) is 11.3 Å². The van der Waals surface area contributed by atoms with Crippen molar-refractivity contribution in [2.45, 2.75) is 18.6 Å². The van der Waals surface area contributed by atoms with Crippen molar-refractivity contribution in [2.24, 2.45) is 0 Å². The molecule has 3 aromatic rings. The molecule has 1 aliphatic heterocycles. The molecule has 0 saturated carbocycles. The number of hydrogen-bond donors (Lipinski definition) is 2. The van der Waals surface area contributed by atoms with Crippen molar-refractivity contribution in [3.63, 3.8) is 0 Å². The summed E-state index contributed by atoms with van der Waals surface area (Å²) in [5.74, 6) is -1.47. The van der Waals surface area contributed by atoms with E-state index in [1.54, 1.807) is 28.9 Å². The van der Waals surface area contributed by atoms with E-state index < -0.39 is 18.1 Å². The number of fused-ring (bicyclic) bond motifs is 1. The fourth-order valence-electron chi connectivity index (χ4n) is 3.03. The minimum atomic E-state index is -1.12. The second kappa shape index (κ2) is 6.35. The van der Waals surface area contributed by atoms with E-state index in [1.165, 1.54) is 10.3 Å². The van der Waals surface area contributed by atoms with Crippen molar-refractivity contribution in [3.05, 3.63) is 51.3 Å². The minimum absolute atomic E-state index is 0.0684. The summed E-state index contributed by atoms with van der Waals surface area (Å²) in [4.78, 5) is 33.9. The first-order valence-electron chi connectivity index (χ1n) is 7.74. The zero-order valence-electron chi connectivity index (χ0n) is 13.2. The fraction of sp³-hybridized carbons (Fsp3) is 0.250. The number of thiazole rings is 1. The summed E-state index contributed by atoms with van der Waals surface area (Å²) in [6.45, 7) is 0.139. The van der Waals surface area contributed by atoms with Crippen molar-refractivity contribution in [3.8, 4) is 0 Å². The number of aliphatic hydroxyl groups is 1. The maximum atomic E-state index is 12.9. The predicted molar refractivity (Wildman–Crippen MR) is 93.7 cm³/mol. The number of nitrogens with zero attached hydrogens (tertiary/aromatic N) is 4. The van der Waals surface area contributed by atoms with E-state index in [9.17, 15) is 14.7 Å². The lowest BCUT2D eigenvalue weighted by molar-refractivity contribution is 0.0691. The first-order valence-corrected chi connectivity index (χ1v) is 9.00. The molecule has 4 rings (SSSR count). The van der Waals surface area contributed by atoms with Gasteiger partial charge in [-0.1, -0.05) is 11.6 Å². The van der Waals surface area contributed by atoms with Crippen molar-refractivity contribution in [2.75, 3.05) is 6.54 Å². The molecule has 26 heavy (non-hydrogen) atoms. The van der Waals surface area contributed by atoms with Gasteiger partial charge in [0.25, 0.3) is 5.91 Å². The van der Waals surface area contributed by atoms with Crippen LogP contribution < -0.4 is 0 Å². The Kier molecular flexibility index (Phi) is 4.14. The lowest BCUT2D eigenvalue weighted by Crippen LogP contribution is -2.32. The van der Waals surface area contributed by atoms with Crippen LogP contribution in [0.2, 0.25) is 5.02 Å². The lowest BCUT2D eigenvalue weighted by Gasteiger charge is -2.21. The number of hydrogen-bond acceptors (Lipinski definition) is 6. The number of carboxylic acid groups (broad SMARTS) is 1. The Morgan fingerprint density at radius 2 is 2.04 bits per heavy atom. The average molecular weight is 393 g/mol. The highest BCUT2D eigenvalue weighted by atomic mass is 35.5. The summed E-state index contributed by atoms with van der Waals surface area (Å²) in [6.07, 6.45) is 2.83. The number of carboxylic acids is 1. The van der Waals surface area contributed by atoms with Crippen LogP contribution in [0.5, 0.6) is 0 Å². The molecule has 0 aliphatic carbocycles. The predicted octanol–water partition coefficient (Wildman–Crippen LogP) is 2.09. The molecule has 2 atom stereocenters. The molecule has 10 heteroatoms. The summed E-state index contributed by atoms with van der Waals surface area (Å²) >= 11 is 7.11. The van der Waals surface area contributed by atoms with Gasteiger partial charge in [0.15, 0.2) is 5.69 Å². The molecule has 2 unspecified atom stereocenters. The van der Waals surface area contributed by atoms with Crippen molar-refractivity contribution < 1.29 is 19.8 Å². The van der Waals surface area contributed by atoms with Crippen molar-refractivity contribution >= 4 is 40.5 Å². The second-order valence-corrected chi connectivity index (χ2v) is 7.30. The van der Waals surface area contributed by atoms with E-state index in [0.29, 0.717) is 22.1 Å². The Hall–Kier alpha value is -2.49.